The summed E-state index contributed by atoms with van der Waals surface area (Å²) >= 11 is 0. The number of hydrogen-bond acceptors (Lipinski definition) is 1. The van der Waals surface area contributed by atoms with Gasteiger partial charge in [0.1, 0.15) is 0 Å². The fourth-order valence-electron chi connectivity index (χ4n) is 2.07. The minimum absolute atomic E-state index is 0.428. The molecule has 0 aromatic rings. The summed E-state index contributed by atoms with van der Waals surface area (Å²) in [5.41, 5.74) is 0.428. The first kappa shape index (κ1) is 15.2. The van der Waals surface area contributed by atoms with Crippen LogP contribution in [0, 0.1) is 5.92 Å². The monoisotopic (exact) mass is 232 g/mol. The van der Waals surface area contributed by atoms with Crippen molar-refractivity contribution in [3.63, 3.8) is 0 Å². The van der Waals surface area contributed by atoms with Gasteiger partial charge in [0.25, 0.3) is 0 Å². The molecule has 92 valence electrons. The van der Waals surface area contributed by atoms with E-state index in [1.165, 1.54) is 12.8 Å². The fourth-order valence-corrected chi connectivity index (χ4v) is 5.72. The highest BCUT2D eigenvalue weighted by atomic mass is 31.2. The molecule has 0 N–H and O–H groups in total. The van der Waals surface area contributed by atoms with Gasteiger partial charge in [0.2, 0.25) is 0 Å². The molecule has 0 rings (SSSR count). The Balaban J connectivity index is 4.34. The first-order valence-electron chi connectivity index (χ1n) is 6.54. The largest absolute Gasteiger partial charge is 0.323 e. The van der Waals surface area contributed by atoms with Gasteiger partial charge < -0.3 is 4.57 Å². The molecule has 0 saturated heterocycles. The maximum Gasteiger partial charge on any atom is 0.0906 e. The van der Waals surface area contributed by atoms with Crippen LogP contribution >= 0.6 is 7.14 Å². The Bertz CT molecular complexity index is 199. The lowest BCUT2D eigenvalue weighted by atomic mass is 10.3. The Morgan fingerprint density at radius 1 is 1.07 bits per heavy atom. The van der Waals surface area contributed by atoms with Gasteiger partial charge in [-0.05, 0) is 18.8 Å². The van der Waals surface area contributed by atoms with E-state index in [9.17, 15) is 4.57 Å². The minimum atomic E-state index is -1.90. The quantitative estimate of drug-likeness (QED) is 0.425. The Kier molecular flexibility index (Phi) is 7.61. The molecule has 1 nitrogen and oxygen atoms in total. The van der Waals surface area contributed by atoms with Gasteiger partial charge in [0, 0.05) is 18.0 Å². The van der Waals surface area contributed by atoms with E-state index in [0.717, 1.165) is 25.2 Å². The lowest BCUT2D eigenvalue weighted by molar-refractivity contribution is 0.550. The summed E-state index contributed by atoms with van der Waals surface area (Å²) in [6.07, 6.45) is 6.61. The molecule has 2 atom stereocenters. The van der Waals surface area contributed by atoms with E-state index in [0.29, 0.717) is 11.6 Å². The normalized spacial score (nSPS) is 17.7. The van der Waals surface area contributed by atoms with E-state index in [2.05, 4.69) is 34.6 Å². The molecule has 0 saturated carbocycles. The molecule has 0 radical (unpaired) electrons. The highest BCUT2D eigenvalue weighted by molar-refractivity contribution is 7.64. The van der Waals surface area contributed by atoms with Crippen LogP contribution in [0.25, 0.3) is 0 Å². The van der Waals surface area contributed by atoms with E-state index in [1.807, 2.05) is 0 Å². The van der Waals surface area contributed by atoms with Crippen LogP contribution in [0.3, 0.4) is 0 Å². The van der Waals surface area contributed by atoms with Crippen molar-refractivity contribution in [3.8, 4) is 0 Å². The van der Waals surface area contributed by atoms with Gasteiger partial charge in [-0.1, -0.05) is 47.5 Å². The molecular weight excluding hydrogens is 203 g/mol. The maximum atomic E-state index is 12.8. The average molecular weight is 232 g/mol. The van der Waals surface area contributed by atoms with Crippen LogP contribution in [-0.4, -0.2) is 18.0 Å². The van der Waals surface area contributed by atoms with E-state index >= 15 is 0 Å². The van der Waals surface area contributed by atoms with Crippen molar-refractivity contribution in [2.45, 2.75) is 66.0 Å². The van der Waals surface area contributed by atoms with Gasteiger partial charge in [-0.25, -0.2) is 0 Å². The Labute approximate surface area is 96.4 Å². The van der Waals surface area contributed by atoms with E-state index in [1.54, 1.807) is 0 Å². The van der Waals surface area contributed by atoms with Crippen LogP contribution in [0.1, 0.15) is 60.3 Å². The number of hydrogen-bond donors (Lipinski definition) is 0. The Morgan fingerprint density at radius 3 is 2.07 bits per heavy atom. The molecule has 0 aliphatic rings. The molecule has 0 amide bonds. The van der Waals surface area contributed by atoms with Gasteiger partial charge in [-0.3, -0.25) is 0 Å². The van der Waals surface area contributed by atoms with Gasteiger partial charge in [0.15, 0.2) is 0 Å². The summed E-state index contributed by atoms with van der Waals surface area (Å²) in [5.74, 6) is 0.575. The smallest absolute Gasteiger partial charge is 0.0906 e. The average Bonchev–Trinajstić information content (AvgIpc) is 2.15. The van der Waals surface area contributed by atoms with Gasteiger partial charge in [-0.15, -0.1) is 0 Å². The Morgan fingerprint density at radius 2 is 1.67 bits per heavy atom. The van der Waals surface area contributed by atoms with Crippen molar-refractivity contribution in [1.82, 2.24) is 0 Å². The topological polar surface area (TPSA) is 17.1 Å². The van der Waals surface area contributed by atoms with Crippen LogP contribution in [0.5, 0.6) is 0 Å². The van der Waals surface area contributed by atoms with Gasteiger partial charge >= 0.3 is 0 Å². The predicted octanol–water partition coefficient (Wildman–Crippen LogP) is 4.99. The second-order valence-electron chi connectivity index (χ2n) is 5.22. The number of rotatable bonds is 8. The summed E-state index contributed by atoms with van der Waals surface area (Å²) in [5, 5.41) is 0. The van der Waals surface area contributed by atoms with Crippen molar-refractivity contribution in [3.05, 3.63) is 0 Å². The third-order valence-corrected chi connectivity index (χ3v) is 7.60. The minimum Gasteiger partial charge on any atom is -0.323 e. The molecule has 0 aliphatic carbocycles. The third kappa shape index (κ3) is 5.76. The van der Waals surface area contributed by atoms with Crippen molar-refractivity contribution < 1.29 is 4.57 Å². The zero-order valence-corrected chi connectivity index (χ0v) is 12.1. The molecule has 0 aromatic carbocycles. The second-order valence-corrected chi connectivity index (χ2v) is 8.82. The van der Waals surface area contributed by atoms with E-state index in [-0.39, 0.29) is 0 Å². The molecule has 0 bridgehead atoms. The zero-order chi connectivity index (χ0) is 11.9. The Hall–Kier alpha value is 0.230. The van der Waals surface area contributed by atoms with Crippen LogP contribution in [0.2, 0.25) is 0 Å². The summed E-state index contributed by atoms with van der Waals surface area (Å²) in [6, 6.07) is 0. The van der Waals surface area contributed by atoms with Crippen molar-refractivity contribution in [1.29, 1.82) is 0 Å². The third-order valence-electron chi connectivity index (χ3n) is 3.21. The SMILES string of the molecule is CCCCCP(=O)(CC(C)C)C(C)CC. The van der Waals surface area contributed by atoms with Gasteiger partial charge in [0.05, 0.1) is 7.14 Å². The van der Waals surface area contributed by atoms with E-state index < -0.39 is 7.14 Å². The molecule has 0 aromatic heterocycles. The molecule has 0 spiro atoms. The second kappa shape index (κ2) is 7.49. The zero-order valence-electron chi connectivity index (χ0n) is 11.3. The van der Waals surface area contributed by atoms with Crippen molar-refractivity contribution in [2.75, 3.05) is 12.3 Å². The predicted molar refractivity (Wildman–Crippen MR) is 71.5 cm³/mol. The summed E-state index contributed by atoms with van der Waals surface area (Å²) in [6.45, 7) is 10.9. The van der Waals surface area contributed by atoms with Crippen molar-refractivity contribution >= 4 is 7.14 Å². The first-order chi connectivity index (χ1) is 6.96. The molecule has 15 heavy (non-hydrogen) atoms. The van der Waals surface area contributed by atoms with Crippen molar-refractivity contribution in [2.24, 2.45) is 5.92 Å². The molecular formula is C13H29OP. The summed E-state index contributed by atoms with van der Waals surface area (Å²) in [4.78, 5) is 0. The fraction of sp³-hybridized carbons (Fsp3) is 1.00. The van der Waals surface area contributed by atoms with E-state index in [4.69, 9.17) is 0 Å². The lowest BCUT2D eigenvalue weighted by Crippen LogP contribution is -2.12. The van der Waals surface area contributed by atoms with Crippen LogP contribution < -0.4 is 0 Å². The van der Waals surface area contributed by atoms with Crippen LogP contribution in [0.4, 0.5) is 0 Å². The standard InChI is InChI=1S/C13H29OP/c1-6-8-9-10-15(14,11-12(3)4)13(5)7-2/h12-13H,6-11H2,1-5H3. The summed E-state index contributed by atoms with van der Waals surface area (Å²) < 4.78 is 12.8. The molecule has 0 aliphatic heterocycles. The summed E-state index contributed by atoms with van der Waals surface area (Å²) in [7, 11) is -1.90. The molecule has 2 unspecified atom stereocenters. The lowest BCUT2D eigenvalue weighted by Gasteiger charge is -2.25. The maximum absolute atomic E-state index is 12.8. The molecule has 0 heterocycles. The first-order valence-corrected chi connectivity index (χ1v) is 8.68. The highest BCUT2D eigenvalue weighted by Gasteiger charge is 2.28. The number of unbranched alkanes of at least 4 members (excludes halogenated alkanes) is 2. The van der Waals surface area contributed by atoms with Crippen LogP contribution in [-0.2, 0) is 4.57 Å². The molecule has 2 heteroatoms. The molecule has 0 fully saturated rings. The van der Waals surface area contributed by atoms with Gasteiger partial charge in [-0.2, -0.15) is 0 Å². The van der Waals surface area contributed by atoms with Crippen LogP contribution in [0.15, 0.2) is 0 Å². The highest BCUT2D eigenvalue weighted by Crippen LogP contribution is 2.53.